The number of hydrogen-bond acceptors (Lipinski definition) is 7. The molecule has 0 aliphatic carbocycles. The fraction of sp³-hybridized carbons (Fsp3) is 0.387. The first-order valence-electron chi connectivity index (χ1n) is 13.2. The molecule has 2 N–H and O–H groups in total. The van der Waals surface area contributed by atoms with Crippen molar-refractivity contribution in [1.29, 1.82) is 10.5 Å². The molecule has 8 heteroatoms. The molecule has 2 aromatic carbocycles. The van der Waals surface area contributed by atoms with Gasteiger partial charge in [0.1, 0.15) is 17.8 Å². The van der Waals surface area contributed by atoms with Crippen LogP contribution in [-0.2, 0) is 6.54 Å². The van der Waals surface area contributed by atoms with Gasteiger partial charge in [-0.1, -0.05) is 56.7 Å². The number of aromatic nitrogens is 2. The SMILES string of the molecule is CCN(CC)c1ccc(/N=N/c2nc(C#N)c(C#N)n2Cc2ccc(C(C=C(C)C)C(C)(C)C)cc2)c(N)c1. The fourth-order valence-corrected chi connectivity index (χ4v) is 4.57. The quantitative estimate of drug-likeness (QED) is 0.176. The van der Waals surface area contributed by atoms with Crippen molar-refractivity contribution >= 4 is 23.0 Å². The first kappa shape index (κ1) is 29.1. The van der Waals surface area contributed by atoms with E-state index >= 15 is 0 Å². The molecule has 3 rings (SSSR count). The van der Waals surface area contributed by atoms with E-state index in [9.17, 15) is 10.5 Å². The Labute approximate surface area is 232 Å². The Hall–Kier alpha value is -4.43. The lowest BCUT2D eigenvalue weighted by Gasteiger charge is -2.29. The van der Waals surface area contributed by atoms with E-state index in [0.29, 0.717) is 17.9 Å². The summed E-state index contributed by atoms with van der Waals surface area (Å²) in [7, 11) is 0. The zero-order valence-corrected chi connectivity index (χ0v) is 24.0. The smallest absolute Gasteiger partial charge is 0.252 e. The molecule has 0 aliphatic heterocycles. The van der Waals surface area contributed by atoms with E-state index in [1.165, 1.54) is 11.1 Å². The van der Waals surface area contributed by atoms with E-state index < -0.39 is 0 Å². The van der Waals surface area contributed by atoms with E-state index in [0.717, 1.165) is 24.3 Å². The summed E-state index contributed by atoms with van der Waals surface area (Å²) in [6.45, 7) is 17.2. The van der Waals surface area contributed by atoms with Gasteiger partial charge >= 0.3 is 0 Å². The number of rotatable bonds is 9. The molecule has 0 radical (unpaired) electrons. The van der Waals surface area contributed by atoms with Crippen molar-refractivity contribution in [3.05, 3.63) is 76.6 Å². The molecule has 1 heterocycles. The minimum absolute atomic E-state index is 0.0179. The van der Waals surface area contributed by atoms with Gasteiger partial charge in [0, 0.05) is 24.7 Å². The van der Waals surface area contributed by atoms with Gasteiger partial charge in [0.15, 0.2) is 11.4 Å². The third kappa shape index (κ3) is 6.91. The van der Waals surface area contributed by atoms with Gasteiger partial charge in [-0.25, -0.2) is 0 Å². The third-order valence-electron chi connectivity index (χ3n) is 6.66. The first-order valence-corrected chi connectivity index (χ1v) is 13.2. The molecular formula is C31H38N8. The molecule has 0 fully saturated rings. The maximum Gasteiger partial charge on any atom is 0.252 e. The molecule has 0 saturated carbocycles. The summed E-state index contributed by atoms with van der Waals surface area (Å²) in [5.74, 6) is 0.448. The molecule has 202 valence electrons. The van der Waals surface area contributed by atoms with E-state index in [1.807, 2.05) is 36.4 Å². The van der Waals surface area contributed by atoms with Gasteiger partial charge in [0.2, 0.25) is 0 Å². The van der Waals surface area contributed by atoms with Crippen LogP contribution in [0.3, 0.4) is 0 Å². The van der Waals surface area contributed by atoms with Crippen molar-refractivity contribution in [2.45, 2.75) is 60.9 Å². The molecule has 0 spiro atoms. The van der Waals surface area contributed by atoms with Crippen molar-refractivity contribution in [1.82, 2.24) is 9.55 Å². The number of anilines is 2. The van der Waals surface area contributed by atoms with E-state index in [1.54, 1.807) is 4.57 Å². The number of nitriles is 2. The summed E-state index contributed by atoms with van der Waals surface area (Å²) in [5, 5.41) is 28.0. The van der Waals surface area contributed by atoms with Crippen LogP contribution < -0.4 is 10.6 Å². The highest BCUT2D eigenvalue weighted by Crippen LogP contribution is 2.37. The zero-order chi connectivity index (χ0) is 28.7. The van der Waals surface area contributed by atoms with Gasteiger partial charge in [0.25, 0.3) is 5.95 Å². The normalized spacial score (nSPS) is 12.1. The van der Waals surface area contributed by atoms with Crippen LogP contribution in [0.25, 0.3) is 0 Å². The van der Waals surface area contributed by atoms with Crippen molar-refractivity contribution in [2.75, 3.05) is 23.7 Å². The molecule has 1 aromatic heterocycles. The molecular weight excluding hydrogens is 484 g/mol. The minimum Gasteiger partial charge on any atom is -0.397 e. The lowest BCUT2D eigenvalue weighted by Crippen LogP contribution is -2.21. The van der Waals surface area contributed by atoms with Crippen molar-refractivity contribution in [3.8, 4) is 12.1 Å². The number of hydrogen-bond donors (Lipinski definition) is 1. The minimum atomic E-state index is 0.0179. The number of nitrogens with zero attached hydrogens (tertiary/aromatic N) is 7. The summed E-state index contributed by atoms with van der Waals surface area (Å²) in [4.78, 5) is 6.48. The van der Waals surface area contributed by atoms with Crippen LogP contribution in [0.15, 0.2) is 64.3 Å². The van der Waals surface area contributed by atoms with Crippen LogP contribution in [0.2, 0.25) is 0 Å². The van der Waals surface area contributed by atoms with Crippen molar-refractivity contribution in [3.63, 3.8) is 0 Å². The Morgan fingerprint density at radius 1 is 1.05 bits per heavy atom. The Morgan fingerprint density at radius 2 is 1.72 bits per heavy atom. The maximum absolute atomic E-state index is 9.81. The molecule has 1 unspecified atom stereocenters. The monoisotopic (exact) mass is 522 g/mol. The molecule has 0 saturated heterocycles. The van der Waals surface area contributed by atoms with Crippen LogP contribution in [0.5, 0.6) is 0 Å². The van der Waals surface area contributed by atoms with Crippen molar-refractivity contribution < 1.29 is 0 Å². The predicted molar refractivity (Wildman–Crippen MR) is 157 cm³/mol. The Bertz CT molecular complexity index is 1430. The Balaban J connectivity index is 1.95. The van der Waals surface area contributed by atoms with Gasteiger partial charge < -0.3 is 10.6 Å². The summed E-state index contributed by atoms with van der Waals surface area (Å²) >= 11 is 0. The topological polar surface area (TPSA) is 119 Å². The second kappa shape index (κ2) is 12.4. The Kier molecular flexibility index (Phi) is 9.27. The number of allylic oxidation sites excluding steroid dienone is 2. The van der Waals surface area contributed by atoms with E-state index in [4.69, 9.17) is 5.73 Å². The van der Waals surface area contributed by atoms with Gasteiger partial charge in [-0.05, 0) is 62.4 Å². The highest BCUT2D eigenvalue weighted by Gasteiger charge is 2.24. The number of nitrogen functional groups attached to an aromatic ring is 1. The molecule has 8 nitrogen and oxygen atoms in total. The number of azo groups is 1. The summed E-state index contributed by atoms with van der Waals surface area (Å²) in [6.07, 6.45) is 2.30. The van der Waals surface area contributed by atoms with Gasteiger partial charge in [-0.2, -0.15) is 15.5 Å². The lowest BCUT2D eigenvalue weighted by molar-refractivity contribution is 0.365. The molecule has 0 bridgehead atoms. The number of imidazole rings is 1. The second-order valence-corrected chi connectivity index (χ2v) is 10.9. The molecule has 0 aliphatic rings. The van der Waals surface area contributed by atoms with Crippen LogP contribution >= 0.6 is 0 Å². The van der Waals surface area contributed by atoms with Gasteiger partial charge in [-0.15, -0.1) is 10.2 Å². The molecule has 3 aromatic rings. The molecule has 39 heavy (non-hydrogen) atoms. The van der Waals surface area contributed by atoms with Crippen molar-refractivity contribution in [2.24, 2.45) is 15.6 Å². The highest BCUT2D eigenvalue weighted by atomic mass is 15.3. The average molecular weight is 523 g/mol. The summed E-state index contributed by atoms with van der Waals surface area (Å²) in [5.41, 5.74) is 12.0. The predicted octanol–water partition coefficient (Wildman–Crippen LogP) is 7.61. The Morgan fingerprint density at radius 3 is 2.23 bits per heavy atom. The number of benzene rings is 2. The van der Waals surface area contributed by atoms with E-state index in [2.05, 4.69) is 92.9 Å². The summed E-state index contributed by atoms with van der Waals surface area (Å²) < 4.78 is 1.62. The standard InChI is InChI=1S/C31H38N8/c1-8-38(9-2)24-14-15-27(26(34)17-24)36-37-30-35-28(18-32)29(19-33)39(30)20-22-10-12-23(13-11-22)25(16-21(3)4)31(5,6)7/h10-17,25H,8-9,20,34H2,1-7H3/b37-36+. The highest BCUT2D eigenvalue weighted by molar-refractivity contribution is 5.69. The van der Waals surface area contributed by atoms with Crippen LogP contribution in [0.1, 0.15) is 76.9 Å². The second-order valence-electron chi connectivity index (χ2n) is 10.9. The molecule has 0 amide bonds. The van der Waals surface area contributed by atoms with Crippen LogP contribution in [0.4, 0.5) is 23.0 Å². The third-order valence-corrected chi connectivity index (χ3v) is 6.66. The lowest BCUT2D eigenvalue weighted by atomic mass is 9.75. The first-order chi connectivity index (χ1) is 18.5. The molecule has 1 atom stereocenters. The van der Waals surface area contributed by atoms with E-state index in [-0.39, 0.29) is 28.7 Å². The summed E-state index contributed by atoms with van der Waals surface area (Å²) in [6, 6.07) is 18.1. The number of nitrogens with two attached hydrogens (primary N) is 1. The van der Waals surface area contributed by atoms with Crippen LogP contribution in [-0.4, -0.2) is 22.6 Å². The maximum atomic E-state index is 9.81. The fourth-order valence-electron chi connectivity index (χ4n) is 4.57. The largest absolute Gasteiger partial charge is 0.397 e. The average Bonchev–Trinajstić information content (AvgIpc) is 3.23. The van der Waals surface area contributed by atoms with Gasteiger partial charge in [0.05, 0.1) is 12.2 Å². The van der Waals surface area contributed by atoms with Crippen LogP contribution in [0, 0.1) is 28.1 Å². The van der Waals surface area contributed by atoms with Gasteiger partial charge in [-0.3, -0.25) is 4.57 Å². The zero-order valence-electron chi connectivity index (χ0n) is 24.0.